The molecular weight excluding hydrogens is 555 g/mol. The maximum Gasteiger partial charge on any atom is 0.319 e. The van der Waals surface area contributed by atoms with Gasteiger partial charge in [-0.2, -0.15) is 0 Å². The van der Waals surface area contributed by atoms with Crippen LogP contribution in [-0.4, -0.2) is 54.5 Å². The van der Waals surface area contributed by atoms with Crippen molar-refractivity contribution in [3.63, 3.8) is 0 Å². The number of carbonyl (C=O) groups is 2. The fourth-order valence-corrected chi connectivity index (χ4v) is 4.81. The molecule has 0 spiro atoms. The monoisotopic (exact) mass is 590 g/mol. The van der Waals surface area contributed by atoms with Crippen LogP contribution in [0.5, 0.6) is 0 Å². The van der Waals surface area contributed by atoms with Crippen molar-refractivity contribution in [2.45, 2.75) is 19.5 Å². The molecule has 3 amide bonds. The third-order valence-electron chi connectivity index (χ3n) is 7.25. The summed E-state index contributed by atoms with van der Waals surface area (Å²) in [5, 5.41) is 12.0. The van der Waals surface area contributed by atoms with E-state index in [9.17, 15) is 14.0 Å². The molecule has 4 aromatic rings. The summed E-state index contributed by atoms with van der Waals surface area (Å²) in [6, 6.07) is 22.5. The van der Waals surface area contributed by atoms with Gasteiger partial charge >= 0.3 is 6.03 Å². The van der Waals surface area contributed by atoms with Crippen molar-refractivity contribution >= 4 is 17.6 Å². The van der Waals surface area contributed by atoms with Crippen LogP contribution in [0.2, 0.25) is 0 Å². The van der Waals surface area contributed by atoms with Gasteiger partial charge in [0, 0.05) is 80.6 Å². The predicted molar refractivity (Wildman–Crippen MR) is 170 cm³/mol. The number of rotatable bonds is 9. The van der Waals surface area contributed by atoms with E-state index < -0.39 is 0 Å². The zero-order chi connectivity index (χ0) is 30.6. The molecule has 1 aliphatic rings. The molecular formula is C35H35FN6O2. The average Bonchev–Trinajstić information content (AvgIpc) is 3.05. The smallest absolute Gasteiger partial charge is 0.319 e. The summed E-state index contributed by atoms with van der Waals surface area (Å²) in [4.78, 5) is 32.0. The third-order valence-corrected chi connectivity index (χ3v) is 7.25. The van der Waals surface area contributed by atoms with Crippen LogP contribution in [-0.2, 0) is 19.5 Å². The molecule has 2 heterocycles. The van der Waals surface area contributed by atoms with Crippen LogP contribution in [0, 0.1) is 17.7 Å². The number of hydrogen-bond donors (Lipinski definition) is 4. The standard InChI is InChI=1S/C35H35FN6O2/c36-32-12-6-26(7-13-32)3-10-30-22-33(41-35(44)39-17-15-27-2-1-16-38-23-27)14-11-31(30)24-40-34(43)29-8-4-28(5-9-29)25-42-20-18-37-19-21-42/h1-2,4-9,11-14,16,22-23,37H,15,17-21,24-25H2,(H,40,43)(H2,39,41,44). The van der Waals surface area contributed by atoms with Crippen molar-refractivity contribution < 1.29 is 14.0 Å². The lowest BCUT2D eigenvalue weighted by Crippen LogP contribution is -2.42. The second-order valence-corrected chi connectivity index (χ2v) is 10.5. The number of amides is 3. The van der Waals surface area contributed by atoms with Crippen molar-refractivity contribution in [2.24, 2.45) is 0 Å². The fraction of sp³-hybridized carbons (Fsp3) is 0.229. The Labute approximate surface area is 257 Å². The molecule has 9 heteroatoms. The Morgan fingerprint density at radius 3 is 2.45 bits per heavy atom. The van der Waals surface area contributed by atoms with Crippen LogP contribution < -0.4 is 21.3 Å². The molecule has 1 aliphatic heterocycles. The number of carbonyl (C=O) groups excluding carboxylic acids is 2. The van der Waals surface area contributed by atoms with Gasteiger partial charge in [0.1, 0.15) is 5.82 Å². The highest BCUT2D eigenvalue weighted by Gasteiger charge is 2.12. The quantitative estimate of drug-likeness (QED) is 0.218. The summed E-state index contributed by atoms with van der Waals surface area (Å²) in [5.41, 5.74) is 5.40. The van der Waals surface area contributed by atoms with Crippen molar-refractivity contribution in [1.29, 1.82) is 0 Å². The number of halogens is 1. The van der Waals surface area contributed by atoms with Gasteiger partial charge < -0.3 is 21.3 Å². The molecule has 0 radical (unpaired) electrons. The van der Waals surface area contributed by atoms with Crippen LogP contribution >= 0.6 is 0 Å². The van der Waals surface area contributed by atoms with E-state index in [-0.39, 0.29) is 24.3 Å². The lowest BCUT2D eigenvalue weighted by atomic mass is 10.1. The lowest BCUT2D eigenvalue weighted by Gasteiger charge is -2.27. The molecule has 0 unspecified atom stereocenters. The van der Waals surface area contributed by atoms with Crippen molar-refractivity contribution in [2.75, 3.05) is 38.0 Å². The van der Waals surface area contributed by atoms with Gasteiger partial charge in [-0.15, -0.1) is 0 Å². The minimum absolute atomic E-state index is 0.189. The first-order valence-corrected chi connectivity index (χ1v) is 14.7. The average molecular weight is 591 g/mol. The highest BCUT2D eigenvalue weighted by Crippen LogP contribution is 2.17. The number of piperazine rings is 1. The van der Waals surface area contributed by atoms with Crippen LogP contribution in [0.4, 0.5) is 14.9 Å². The predicted octanol–water partition coefficient (Wildman–Crippen LogP) is 4.32. The molecule has 44 heavy (non-hydrogen) atoms. The number of nitrogens with zero attached hydrogens (tertiary/aromatic N) is 2. The Kier molecular flexibility index (Phi) is 10.7. The highest BCUT2D eigenvalue weighted by atomic mass is 19.1. The second kappa shape index (κ2) is 15.4. The largest absolute Gasteiger partial charge is 0.348 e. The first-order chi connectivity index (χ1) is 21.5. The number of aromatic nitrogens is 1. The molecule has 0 aliphatic carbocycles. The van der Waals surface area contributed by atoms with Crippen molar-refractivity contribution in [3.05, 3.63) is 130 Å². The second-order valence-electron chi connectivity index (χ2n) is 10.5. The summed E-state index contributed by atoms with van der Waals surface area (Å²) < 4.78 is 13.4. The minimum atomic E-state index is -0.340. The molecule has 4 N–H and O–H groups in total. The normalized spacial score (nSPS) is 12.9. The molecule has 224 valence electrons. The van der Waals surface area contributed by atoms with E-state index >= 15 is 0 Å². The van der Waals surface area contributed by atoms with E-state index in [1.54, 1.807) is 36.7 Å². The van der Waals surface area contributed by atoms with Crippen LogP contribution in [0.3, 0.4) is 0 Å². The van der Waals surface area contributed by atoms with Gasteiger partial charge in [0.2, 0.25) is 0 Å². The molecule has 8 nitrogen and oxygen atoms in total. The van der Waals surface area contributed by atoms with E-state index in [1.165, 1.54) is 17.7 Å². The summed E-state index contributed by atoms with van der Waals surface area (Å²) in [5.74, 6) is 5.65. The number of pyridine rings is 1. The first kappa shape index (κ1) is 30.4. The van der Waals surface area contributed by atoms with Crippen LogP contribution in [0.15, 0.2) is 91.3 Å². The fourth-order valence-electron chi connectivity index (χ4n) is 4.81. The van der Waals surface area contributed by atoms with Gasteiger partial charge in [0.05, 0.1) is 0 Å². The van der Waals surface area contributed by atoms with Crippen LogP contribution in [0.25, 0.3) is 0 Å². The number of urea groups is 1. The topological polar surface area (TPSA) is 98.4 Å². The number of nitrogens with one attached hydrogen (secondary N) is 4. The zero-order valence-electron chi connectivity index (χ0n) is 24.4. The summed E-state index contributed by atoms with van der Waals surface area (Å²) in [6.45, 7) is 5.58. The Bertz CT molecular complexity index is 1610. The van der Waals surface area contributed by atoms with E-state index in [0.717, 1.165) is 43.9 Å². The Balaban J connectivity index is 1.23. The molecule has 0 bridgehead atoms. The van der Waals surface area contributed by atoms with Crippen LogP contribution in [0.1, 0.15) is 38.2 Å². The molecule has 1 aromatic heterocycles. The highest BCUT2D eigenvalue weighted by molar-refractivity contribution is 5.94. The third kappa shape index (κ3) is 9.23. The van der Waals surface area contributed by atoms with E-state index in [4.69, 9.17) is 0 Å². The Morgan fingerprint density at radius 1 is 0.909 bits per heavy atom. The summed E-state index contributed by atoms with van der Waals surface area (Å²) >= 11 is 0. The van der Waals surface area contributed by atoms with E-state index in [2.05, 4.69) is 43.0 Å². The molecule has 1 fully saturated rings. The van der Waals surface area contributed by atoms with Gasteiger partial charge in [-0.1, -0.05) is 36.1 Å². The molecule has 0 atom stereocenters. The zero-order valence-corrected chi connectivity index (χ0v) is 24.4. The summed E-state index contributed by atoms with van der Waals surface area (Å²) in [6.07, 6.45) is 4.14. The van der Waals surface area contributed by atoms with E-state index in [1.807, 2.05) is 42.5 Å². The molecule has 3 aromatic carbocycles. The van der Waals surface area contributed by atoms with Gasteiger partial charge in [-0.25, -0.2) is 9.18 Å². The molecule has 1 saturated heterocycles. The lowest BCUT2D eigenvalue weighted by molar-refractivity contribution is 0.0951. The van der Waals surface area contributed by atoms with E-state index in [0.29, 0.717) is 35.3 Å². The molecule has 0 saturated carbocycles. The van der Waals surface area contributed by atoms with Crippen molar-refractivity contribution in [1.82, 2.24) is 25.8 Å². The maximum atomic E-state index is 13.4. The van der Waals surface area contributed by atoms with Crippen molar-refractivity contribution in [3.8, 4) is 11.8 Å². The van der Waals surface area contributed by atoms with Gasteiger partial charge in [-0.3, -0.25) is 14.7 Å². The Morgan fingerprint density at radius 2 is 1.70 bits per heavy atom. The first-order valence-electron chi connectivity index (χ1n) is 14.7. The van der Waals surface area contributed by atoms with Gasteiger partial charge in [-0.05, 0) is 77.7 Å². The maximum absolute atomic E-state index is 13.4. The SMILES string of the molecule is O=C(NCCc1cccnc1)Nc1ccc(CNC(=O)c2ccc(CN3CCNCC3)cc2)c(C#Cc2ccc(F)cc2)c1. The number of benzene rings is 3. The van der Waals surface area contributed by atoms with Gasteiger partial charge in [0.25, 0.3) is 5.91 Å². The Hall–Kier alpha value is -5.04. The van der Waals surface area contributed by atoms with Gasteiger partial charge in [0.15, 0.2) is 0 Å². The minimum Gasteiger partial charge on any atom is -0.348 e. The summed E-state index contributed by atoms with van der Waals surface area (Å²) in [7, 11) is 0. The molecule has 5 rings (SSSR count). The number of hydrogen-bond acceptors (Lipinski definition) is 5. The number of anilines is 1.